The number of hydrogen-bond acceptors (Lipinski definition) is 4. The number of thiophene rings is 1. The highest BCUT2D eigenvalue weighted by Gasteiger charge is 2.21. The van der Waals surface area contributed by atoms with E-state index in [1.165, 1.54) is 28.5 Å². The fraction of sp³-hybridized carbons (Fsp3) is 0.250. The van der Waals surface area contributed by atoms with Gasteiger partial charge in [0.25, 0.3) is 0 Å². The second-order valence-corrected chi connectivity index (χ2v) is 6.09. The molecular weight excluding hydrogens is 266 g/mol. The molecule has 1 aliphatic rings. The third-order valence-corrected chi connectivity index (χ3v) is 4.75. The molecule has 3 aromatic rings. The SMILES string of the molecule is Cc1ccc(-c2csc3ncnc(N4CCC4)c23)cc1. The van der Waals surface area contributed by atoms with Crippen LogP contribution in [0.3, 0.4) is 0 Å². The maximum atomic E-state index is 4.53. The maximum absolute atomic E-state index is 4.53. The number of rotatable bonds is 2. The van der Waals surface area contributed by atoms with E-state index in [1.54, 1.807) is 17.7 Å². The molecular formula is C16H15N3S. The molecule has 100 valence electrons. The number of benzene rings is 1. The predicted molar refractivity (Wildman–Crippen MR) is 84.4 cm³/mol. The summed E-state index contributed by atoms with van der Waals surface area (Å²) in [6.45, 7) is 4.33. The summed E-state index contributed by atoms with van der Waals surface area (Å²) in [6, 6.07) is 8.69. The molecule has 0 bridgehead atoms. The summed E-state index contributed by atoms with van der Waals surface area (Å²) < 4.78 is 0. The Morgan fingerprint density at radius 3 is 2.60 bits per heavy atom. The third-order valence-electron chi connectivity index (χ3n) is 3.87. The Labute approximate surface area is 121 Å². The quantitative estimate of drug-likeness (QED) is 0.714. The summed E-state index contributed by atoms with van der Waals surface area (Å²) in [5.74, 6) is 1.10. The zero-order chi connectivity index (χ0) is 13.5. The zero-order valence-corrected chi connectivity index (χ0v) is 12.2. The highest BCUT2D eigenvalue weighted by atomic mass is 32.1. The van der Waals surface area contributed by atoms with Crippen molar-refractivity contribution in [3.63, 3.8) is 0 Å². The first-order chi connectivity index (χ1) is 9.83. The lowest BCUT2D eigenvalue weighted by atomic mass is 10.0. The van der Waals surface area contributed by atoms with Crippen molar-refractivity contribution < 1.29 is 0 Å². The molecule has 4 rings (SSSR count). The molecule has 20 heavy (non-hydrogen) atoms. The Kier molecular flexibility index (Phi) is 2.70. The van der Waals surface area contributed by atoms with Gasteiger partial charge in [-0.25, -0.2) is 9.97 Å². The first kappa shape index (κ1) is 11.9. The molecule has 3 nitrogen and oxygen atoms in total. The Bertz CT molecular complexity index is 757. The van der Waals surface area contributed by atoms with Gasteiger partial charge in [0, 0.05) is 24.0 Å². The standard InChI is InChI=1S/C16H15N3S/c1-11-3-5-12(6-4-11)13-9-20-16-14(13)15(17-10-18-16)19-7-2-8-19/h3-6,9-10H,2,7-8H2,1H3. The molecule has 1 aromatic carbocycles. The Hall–Kier alpha value is -1.94. The van der Waals surface area contributed by atoms with Crippen LogP contribution in [0.1, 0.15) is 12.0 Å². The van der Waals surface area contributed by atoms with Gasteiger partial charge in [0.15, 0.2) is 0 Å². The van der Waals surface area contributed by atoms with E-state index < -0.39 is 0 Å². The summed E-state index contributed by atoms with van der Waals surface area (Å²) in [5, 5.41) is 3.41. The van der Waals surface area contributed by atoms with Gasteiger partial charge in [0.2, 0.25) is 0 Å². The van der Waals surface area contributed by atoms with Crippen molar-refractivity contribution in [1.29, 1.82) is 0 Å². The van der Waals surface area contributed by atoms with Crippen LogP contribution >= 0.6 is 11.3 Å². The molecule has 0 spiro atoms. The van der Waals surface area contributed by atoms with E-state index in [-0.39, 0.29) is 0 Å². The second kappa shape index (κ2) is 4.56. The van der Waals surface area contributed by atoms with Gasteiger partial charge in [-0.05, 0) is 18.9 Å². The van der Waals surface area contributed by atoms with Crippen LogP contribution in [0.15, 0.2) is 36.0 Å². The second-order valence-electron chi connectivity index (χ2n) is 5.23. The molecule has 0 radical (unpaired) electrons. The van der Waals surface area contributed by atoms with Gasteiger partial charge in [0.1, 0.15) is 17.0 Å². The molecule has 4 heteroatoms. The van der Waals surface area contributed by atoms with Gasteiger partial charge in [-0.1, -0.05) is 29.8 Å². The molecule has 1 saturated heterocycles. The lowest BCUT2D eigenvalue weighted by Gasteiger charge is -2.32. The maximum Gasteiger partial charge on any atom is 0.141 e. The van der Waals surface area contributed by atoms with Gasteiger partial charge in [-0.15, -0.1) is 11.3 Å². The Morgan fingerprint density at radius 2 is 1.90 bits per heavy atom. The van der Waals surface area contributed by atoms with E-state index in [0.717, 1.165) is 23.7 Å². The van der Waals surface area contributed by atoms with E-state index in [9.17, 15) is 0 Å². The lowest BCUT2D eigenvalue weighted by molar-refractivity contribution is 0.612. The Balaban J connectivity index is 1.93. The normalized spacial score (nSPS) is 14.6. The minimum Gasteiger partial charge on any atom is -0.356 e. The molecule has 0 aliphatic carbocycles. The van der Waals surface area contributed by atoms with Gasteiger partial charge >= 0.3 is 0 Å². The number of hydrogen-bond donors (Lipinski definition) is 0. The fourth-order valence-electron chi connectivity index (χ4n) is 2.57. The molecule has 3 heterocycles. The van der Waals surface area contributed by atoms with Crippen LogP contribution in [-0.2, 0) is 0 Å². The van der Waals surface area contributed by atoms with Crippen LogP contribution in [0.5, 0.6) is 0 Å². The van der Waals surface area contributed by atoms with Gasteiger partial charge in [0.05, 0.1) is 5.39 Å². The van der Waals surface area contributed by atoms with Crippen LogP contribution in [0.4, 0.5) is 5.82 Å². The molecule has 0 unspecified atom stereocenters. The molecule has 0 saturated carbocycles. The molecule has 2 aromatic heterocycles. The van der Waals surface area contributed by atoms with Crippen LogP contribution in [0.2, 0.25) is 0 Å². The first-order valence-corrected chi connectivity index (χ1v) is 7.75. The number of nitrogens with zero attached hydrogens (tertiary/aromatic N) is 3. The summed E-state index contributed by atoms with van der Waals surface area (Å²) >= 11 is 1.70. The molecule has 0 N–H and O–H groups in total. The molecule has 1 aliphatic heterocycles. The van der Waals surface area contributed by atoms with Crippen molar-refractivity contribution in [3.05, 3.63) is 41.5 Å². The summed E-state index contributed by atoms with van der Waals surface area (Å²) in [7, 11) is 0. The van der Waals surface area contributed by atoms with Crippen molar-refractivity contribution in [3.8, 4) is 11.1 Å². The van der Waals surface area contributed by atoms with E-state index in [2.05, 4.69) is 51.4 Å². The van der Waals surface area contributed by atoms with E-state index in [0.29, 0.717) is 0 Å². The Morgan fingerprint density at radius 1 is 1.10 bits per heavy atom. The van der Waals surface area contributed by atoms with Crippen molar-refractivity contribution in [2.75, 3.05) is 18.0 Å². The van der Waals surface area contributed by atoms with E-state index in [1.807, 2.05) is 0 Å². The van der Waals surface area contributed by atoms with Gasteiger partial charge in [-0.2, -0.15) is 0 Å². The van der Waals surface area contributed by atoms with Crippen LogP contribution in [0.25, 0.3) is 21.3 Å². The molecule has 0 amide bonds. The fourth-order valence-corrected chi connectivity index (χ4v) is 3.48. The van der Waals surface area contributed by atoms with Gasteiger partial charge in [-0.3, -0.25) is 0 Å². The molecule has 1 fully saturated rings. The average Bonchev–Trinajstić information content (AvgIpc) is 2.83. The van der Waals surface area contributed by atoms with Crippen LogP contribution in [-0.4, -0.2) is 23.1 Å². The van der Waals surface area contributed by atoms with Crippen molar-refractivity contribution in [2.24, 2.45) is 0 Å². The predicted octanol–water partition coefficient (Wildman–Crippen LogP) is 3.88. The smallest absolute Gasteiger partial charge is 0.141 e. The highest BCUT2D eigenvalue weighted by Crippen LogP contribution is 2.38. The van der Waals surface area contributed by atoms with E-state index in [4.69, 9.17) is 0 Å². The number of anilines is 1. The average molecular weight is 281 g/mol. The van der Waals surface area contributed by atoms with E-state index >= 15 is 0 Å². The lowest BCUT2D eigenvalue weighted by Crippen LogP contribution is -2.37. The first-order valence-electron chi connectivity index (χ1n) is 6.87. The minimum absolute atomic E-state index is 1.08. The van der Waals surface area contributed by atoms with Crippen LogP contribution in [0, 0.1) is 6.92 Å². The van der Waals surface area contributed by atoms with Gasteiger partial charge < -0.3 is 4.90 Å². The topological polar surface area (TPSA) is 29.0 Å². The zero-order valence-electron chi connectivity index (χ0n) is 11.3. The number of aromatic nitrogens is 2. The van der Waals surface area contributed by atoms with Crippen molar-refractivity contribution in [2.45, 2.75) is 13.3 Å². The minimum atomic E-state index is 1.08. The highest BCUT2D eigenvalue weighted by molar-refractivity contribution is 7.17. The largest absolute Gasteiger partial charge is 0.356 e. The van der Waals surface area contributed by atoms with Crippen LogP contribution < -0.4 is 4.90 Å². The summed E-state index contributed by atoms with van der Waals surface area (Å²) in [6.07, 6.45) is 2.95. The monoisotopic (exact) mass is 281 g/mol. The van der Waals surface area contributed by atoms with Crippen molar-refractivity contribution >= 4 is 27.4 Å². The van der Waals surface area contributed by atoms with Crippen molar-refractivity contribution in [1.82, 2.24) is 9.97 Å². The summed E-state index contributed by atoms with van der Waals surface area (Å²) in [4.78, 5) is 12.4. The third kappa shape index (κ3) is 1.79. The summed E-state index contributed by atoms with van der Waals surface area (Å²) in [5.41, 5.74) is 3.79. The number of fused-ring (bicyclic) bond motifs is 1. The molecule has 0 atom stereocenters. The number of aryl methyl sites for hydroxylation is 1.